The minimum absolute atomic E-state index is 0.0894. The number of carboxylic acid groups (broad SMARTS) is 1. The van der Waals surface area contributed by atoms with E-state index < -0.39 is 23.6 Å². The monoisotopic (exact) mass is 559 g/mol. The molecule has 1 saturated heterocycles. The van der Waals surface area contributed by atoms with Crippen molar-refractivity contribution in [1.82, 2.24) is 10.2 Å². The van der Waals surface area contributed by atoms with E-state index in [1.165, 1.54) is 7.11 Å². The Morgan fingerprint density at radius 1 is 0.854 bits per heavy atom. The first kappa shape index (κ1) is 28.9. The minimum atomic E-state index is -0.924. The molecule has 0 bridgehead atoms. The minimum Gasteiger partial charge on any atom is -0.495 e. The Morgan fingerprint density at radius 2 is 1.51 bits per heavy atom. The van der Waals surface area contributed by atoms with Gasteiger partial charge >= 0.3 is 18.0 Å². The van der Waals surface area contributed by atoms with Gasteiger partial charge in [-0.3, -0.25) is 9.59 Å². The lowest BCUT2D eigenvalue weighted by molar-refractivity contribution is -0.138. The van der Waals surface area contributed by atoms with Gasteiger partial charge in [-0.05, 0) is 60.9 Å². The Hall–Kier alpha value is -5.06. The molecule has 0 atom stereocenters. The fourth-order valence-electron chi connectivity index (χ4n) is 4.59. The van der Waals surface area contributed by atoms with E-state index >= 15 is 0 Å². The van der Waals surface area contributed by atoms with E-state index in [1.807, 2.05) is 38.1 Å². The first-order valence-corrected chi connectivity index (χ1v) is 13.0. The number of carbonyl (C=O) groups excluding carboxylic acids is 3. The van der Waals surface area contributed by atoms with Gasteiger partial charge in [-0.1, -0.05) is 36.4 Å². The number of aliphatic carboxylic acids is 1. The van der Waals surface area contributed by atoms with Crippen molar-refractivity contribution < 1.29 is 29.0 Å². The number of urea groups is 2. The van der Waals surface area contributed by atoms with Crippen LogP contribution in [0.3, 0.4) is 0 Å². The molecule has 214 valence electrons. The summed E-state index contributed by atoms with van der Waals surface area (Å²) in [6, 6.07) is 18.4. The standard InChI is InChI=1S/C30H33N5O6/c1-19-6-4-5-7-23(19)32-28(39)33-24-13-10-21(14-25(24)41-3)15-26(36)35-17-30(2,18-35)34-29(40)31-22-11-8-20(9-12-22)16-27(37)38/h4-14H,15-18H2,1-3H3,(H,37,38)(H2,31,34,40)(H2,32,33,39). The van der Waals surface area contributed by atoms with Gasteiger partial charge < -0.3 is 36.0 Å². The second-order valence-corrected chi connectivity index (χ2v) is 10.3. The average Bonchev–Trinajstić information content (AvgIpc) is 2.90. The van der Waals surface area contributed by atoms with Crippen molar-refractivity contribution in [2.75, 3.05) is 36.1 Å². The molecule has 3 aromatic rings. The van der Waals surface area contributed by atoms with E-state index in [0.717, 1.165) is 11.1 Å². The molecule has 11 heteroatoms. The number of methoxy groups -OCH3 is 1. The summed E-state index contributed by atoms with van der Waals surface area (Å²) >= 11 is 0. The third-order valence-electron chi connectivity index (χ3n) is 6.68. The number of benzene rings is 3. The van der Waals surface area contributed by atoms with Crippen molar-refractivity contribution in [3.05, 3.63) is 83.4 Å². The molecule has 1 aliphatic rings. The summed E-state index contributed by atoms with van der Waals surface area (Å²) in [5, 5.41) is 20.1. The number of likely N-dealkylation sites (tertiary alicyclic amines) is 1. The highest BCUT2D eigenvalue weighted by atomic mass is 16.5. The van der Waals surface area contributed by atoms with Crippen LogP contribution < -0.4 is 26.0 Å². The summed E-state index contributed by atoms with van der Waals surface area (Å²) in [6.45, 7) is 4.47. The molecule has 0 unspecified atom stereocenters. The first-order valence-electron chi connectivity index (χ1n) is 13.0. The highest BCUT2D eigenvalue weighted by molar-refractivity contribution is 6.01. The number of carboxylic acids is 1. The lowest BCUT2D eigenvalue weighted by atomic mass is 9.91. The SMILES string of the molecule is COc1cc(CC(=O)N2CC(C)(NC(=O)Nc3ccc(CC(=O)O)cc3)C2)ccc1NC(=O)Nc1ccccc1C. The van der Waals surface area contributed by atoms with Gasteiger partial charge in [0.25, 0.3) is 0 Å². The zero-order chi connectivity index (χ0) is 29.6. The number of ether oxygens (including phenoxy) is 1. The maximum absolute atomic E-state index is 12.9. The number of rotatable bonds is 9. The Balaban J connectivity index is 1.26. The van der Waals surface area contributed by atoms with Gasteiger partial charge in [-0.2, -0.15) is 0 Å². The molecular weight excluding hydrogens is 526 g/mol. The molecule has 1 heterocycles. The number of aryl methyl sites for hydroxylation is 1. The predicted octanol–water partition coefficient (Wildman–Crippen LogP) is 4.24. The maximum Gasteiger partial charge on any atom is 0.323 e. The van der Waals surface area contributed by atoms with Crippen molar-refractivity contribution in [3.63, 3.8) is 0 Å². The highest BCUT2D eigenvalue weighted by Gasteiger charge is 2.42. The summed E-state index contributed by atoms with van der Waals surface area (Å²) in [4.78, 5) is 50.4. The molecule has 11 nitrogen and oxygen atoms in total. The third kappa shape index (κ3) is 7.75. The number of nitrogens with zero attached hydrogens (tertiary/aromatic N) is 1. The molecule has 4 rings (SSSR count). The van der Waals surface area contributed by atoms with E-state index in [9.17, 15) is 19.2 Å². The van der Waals surface area contributed by atoms with Gasteiger partial charge in [-0.15, -0.1) is 0 Å². The van der Waals surface area contributed by atoms with Crippen LogP contribution in [0.2, 0.25) is 0 Å². The summed E-state index contributed by atoms with van der Waals surface area (Å²) in [7, 11) is 1.49. The van der Waals surface area contributed by atoms with Crippen LogP contribution >= 0.6 is 0 Å². The summed E-state index contributed by atoms with van der Waals surface area (Å²) < 4.78 is 5.44. The molecule has 0 radical (unpaired) electrons. The van der Waals surface area contributed by atoms with Crippen molar-refractivity contribution >= 4 is 41.0 Å². The fourth-order valence-corrected chi connectivity index (χ4v) is 4.59. The summed E-state index contributed by atoms with van der Waals surface area (Å²) in [5.41, 5.74) is 3.42. The third-order valence-corrected chi connectivity index (χ3v) is 6.68. The van der Waals surface area contributed by atoms with Gasteiger partial charge in [0.15, 0.2) is 0 Å². The van der Waals surface area contributed by atoms with E-state index in [0.29, 0.717) is 41.5 Å². The summed E-state index contributed by atoms with van der Waals surface area (Å²) in [5.74, 6) is -0.593. The number of amides is 5. The number of hydrogen-bond donors (Lipinski definition) is 5. The number of para-hydroxylation sites is 1. The molecule has 0 saturated carbocycles. The topological polar surface area (TPSA) is 149 Å². The molecular formula is C30H33N5O6. The van der Waals surface area contributed by atoms with Crippen LogP contribution in [0.15, 0.2) is 66.7 Å². The van der Waals surface area contributed by atoms with Gasteiger partial charge in [0.1, 0.15) is 5.75 Å². The molecule has 0 aliphatic carbocycles. The van der Waals surface area contributed by atoms with E-state index in [4.69, 9.17) is 9.84 Å². The fraction of sp³-hybridized carbons (Fsp3) is 0.267. The van der Waals surface area contributed by atoms with Crippen LogP contribution in [0.4, 0.5) is 26.7 Å². The molecule has 5 N–H and O–H groups in total. The van der Waals surface area contributed by atoms with Crippen molar-refractivity contribution in [1.29, 1.82) is 0 Å². The molecule has 3 aromatic carbocycles. The summed E-state index contributed by atoms with van der Waals surface area (Å²) in [6.07, 6.45) is 0.0465. The van der Waals surface area contributed by atoms with Gasteiger partial charge in [0.2, 0.25) is 5.91 Å². The largest absolute Gasteiger partial charge is 0.495 e. The molecule has 1 aliphatic heterocycles. The molecule has 41 heavy (non-hydrogen) atoms. The lowest BCUT2D eigenvalue weighted by Gasteiger charge is -2.48. The Kier molecular flexibility index (Phi) is 8.76. The quantitative estimate of drug-likeness (QED) is 0.265. The van der Waals surface area contributed by atoms with E-state index in [1.54, 1.807) is 47.4 Å². The lowest BCUT2D eigenvalue weighted by Crippen LogP contribution is -2.70. The number of carbonyl (C=O) groups is 4. The number of hydrogen-bond acceptors (Lipinski definition) is 5. The first-order chi connectivity index (χ1) is 19.5. The van der Waals surface area contributed by atoms with Gasteiger partial charge in [-0.25, -0.2) is 9.59 Å². The molecule has 0 aromatic heterocycles. The molecule has 5 amide bonds. The Labute approximate surface area is 237 Å². The zero-order valence-corrected chi connectivity index (χ0v) is 23.1. The van der Waals surface area contributed by atoms with E-state index in [2.05, 4.69) is 21.3 Å². The van der Waals surface area contributed by atoms with Crippen molar-refractivity contribution in [3.8, 4) is 5.75 Å². The highest BCUT2D eigenvalue weighted by Crippen LogP contribution is 2.28. The normalized spacial score (nSPS) is 13.4. The molecule has 0 spiro atoms. The van der Waals surface area contributed by atoms with Crippen molar-refractivity contribution in [2.24, 2.45) is 0 Å². The Bertz CT molecular complexity index is 1450. The van der Waals surface area contributed by atoms with Crippen molar-refractivity contribution in [2.45, 2.75) is 32.2 Å². The van der Waals surface area contributed by atoms with Crippen LogP contribution in [-0.4, -0.2) is 59.7 Å². The Morgan fingerprint density at radius 3 is 2.17 bits per heavy atom. The predicted molar refractivity (Wildman–Crippen MR) is 155 cm³/mol. The zero-order valence-electron chi connectivity index (χ0n) is 23.1. The second kappa shape index (κ2) is 12.4. The van der Waals surface area contributed by atoms with E-state index in [-0.39, 0.29) is 18.7 Å². The van der Waals surface area contributed by atoms with Gasteiger partial charge in [0, 0.05) is 24.5 Å². The van der Waals surface area contributed by atoms with Crippen LogP contribution in [0.1, 0.15) is 23.6 Å². The average molecular weight is 560 g/mol. The van der Waals surface area contributed by atoms with Crippen LogP contribution in [0.25, 0.3) is 0 Å². The van der Waals surface area contributed by atoms with Gasteiger partial charge in [0.05, 0.1) is 31.2 Å². The van der Waals surface area contributed by atoms with Crippen LogP contribution in [0.5, 0.6) is 5.75 Å². The maximum atomic E-state index is 12.9. The molecule has 1 fully saturated rings. The smallest absolute Gasteiger partial charge is 0.323 e. The number of anilines is 3. The van der Waals surface area contributed by atoms with Crippen LogP contribution in [0, 0.1) is 6.92 Å². The second-order valence-electron chi connectivity index (χ2n) is 10.3. The van der Waals surface area contributed by atoms with Crippen LogP contribution in [-0.2, 0) is 22.4 Å². The number of nitrogens with one attached hydrogen (secondary N) is 4.